The van der Waals surface area contributed by atoms with Gasteiger partial charge in [-0.1, -0.05) is 48.5 Å². The van der Waals surface area contributed by atoms with Crippen LogP contribution in [0.1, 0.15) is 15.9 Å². The molecule has 0 saturated carbocycles. The van der Waals surface area contributed by atoms with E-state index in [4.69, 9.17) is 9.57 Å². The molecular formula is C17H15F2NO3. The molecule has 0 aliphatic carbocycles. The van der Waals surface area contributed by atoms with Crippen molar-refractivity contribution in [1.29, 1.82) is 0 Å². The molecule has 120 valence electrons. The van der Waals surface area contributed by atoms with E-state index in [-0.39, 0.29) is 17.7 Å². The predicted octanol–water partition coefficient (Wildman–Crippen LogP) is 2.91. The van der Waals surface area contributed by atoms with E-state index in [0.29, 0.717) is 0 Å². The minimum absolute atomic E-state index is 0.163. The van der Waals surface area contributed by atoms with Crippen molar-refractivity contribution >= 4 is 5.97 Å². The first-order valence-corrected chi connectivity index (χ1v) is 7.16. The summed E-state index contributed by atoms with van der Waals surface area (Å²) in [7, 11) is 0. The lowest BCUT2D eigenvalue weighted by Gasteiger charge is -2.26. The van der Waals surface area contributed by atoms with Crippen LogP contribution < -0.4 is 5.48 Å². The van der Waals surface area contributed by atoms with Crippen LogP contribution in [-0.4, -0.2) is 24.7 Å². The van der Waals surface area contributed by atoms with E-state index >= 15 is 0 Å². The molecule has 6 heteroatoms. The van der Waals surface area contributed by atoms with Gasteiger partial charge in [-0.3, -0.25) is 0 Å². The summed E-state index contributed by atoms with van der Waals surface area (Å²) < 4.78 is 34.2. The Bertz CT molecular complexity index is 660. The fourth-order valence-corrected chi connectivity index (χ4v) is 2.22. The van der Waals surface area contributed by atoms with Crippen LogP contribution >= 0.6 is 0 Å². The summed E-state index contributed by atoms with van der Waals surface area (Å²) in [5.74, 6) is -3.96. The van der Waals surface area contributed by atoms with Gasteiger partial charge < -0.3 is 9.57 Å². The Kier molecular flexibility index (Phi) is 4.36. The van der Waals surface area contributed by atoms with E-state index in [0.717, 1.165) is 0 Å². The van der Waals surface area contributed by atoms with Crippen molar-refractivity contribution in [2.45, 2.75) is 18.1 Å². The molecular weight excluding hydrogens is 304 g/mol. The molecule has 2 atom stereocenters. The van der Waals surface area contributed by atoms with Crippen LogP contribution in [0, 0.1) is 0 Å². The Morgan fingerprint density at radius 3 is 2.26 bits per heavy atom. The maximum atomic E-state index is 14.6. The Morgan fingerprint density at radius 2 is 1.70 bits per heavy atom. The minimum Gasteiger partial charge on any atom is -0.371 e. The van der Waals surface area contributed by atoms with E-state index in [2.05, 4.69) is 5.48 Å². The molecule has 1 fully saturated rings. The number of rotatable bonds is 6. The van der Waals surface area contributed by atoms with Gasteiger partial charge in [0.2, 0.25) is 0 Å². The first kappa shape index (κ1) is 15.6. The van der Waals surface area contributed by atoms with E-state index < -0.39 is 24.0 Å². The second kappa shape index (κ2) is 6.44. The number of benzene rings is 2. The van der Waals surface area contributed by atoms with Gasteiger partial charge in [0, 0.05) is 5.56 Å². The van der Waals surface area contributed by atoms with Gasteiger partial charge in [0.25, 0.3) is 5.92 Å². The van der Waals surface area contributed by atoms with Gasteiger partial charge in [-0.15, -0.1) is 5.48 Å². The van der Waals surface area contributed by atoms with Gasteiger partial charge in [0.1, 0.15) is 12.1 Å². The van der Waals surface area contributed by atoms with Crippen molar-refractivity contribution in [3.8, 4) is 0 Å². The van der Waals surface area contributed by atoms with Gasteiger partial charge in [0.15, 0.2) is 0 Å². The highest BCUT2D eigenvalue weighted by Gasteiger charge is 2.51. The molecule has 0 radical (unpaired) electrons. The molecule has 2 aromatic carbocycles. The van der Waals surface area contributed by atoms with E-state index in [1.54, 1.807) is 36.4 Å². The summed E-state index contributed by atoms with van der Waals surface area (Å²) in [6.45, 7) is 0.197. The number of hydrogen-bond donors (Lipinski definition) is 1. The molecule has 0 spiro atoms. The van der Waals surface area contributed by atoms with E-state index in [1.165, 1.54) is 24.3 Å². The molecule has 0 unspecified atom stereocenters. The first-order valence-electron chi connectivity index (χ1n) is 7.16. The van der Waals surface area contributed by atoms with Crippen molar-refractivity contribution in [3.63, 3.8) is 0 Å². The van der Waals surface area contributed by atoms with Crippen LogP contribution in [0.3, 0.4) is 0 Å². The summed E-state index contributed by atoms with van der Waals surface area (Å²) in [5, 5.41) is 0. The number of hydrogen-bond acceptors (Lipinski definition) is 4. The zero-order valence-electron chi connectivity index (χ0n) is 12.1. The van der Waals surface area contributed by atoms with Crippen LogP contribution in [0.2, 0.25) is 0 Å². The minimum atomic E-state index is -3.24. The van der Waals surface area contributed by atoms with E-state index in [1.807, 2.05) is 0 Å². The molecule has 3 rings (SSSR count). The zero-order chi connectivity index (χ0) is 16.3. The maximum absolute atomic E-state index is 14.6. The summed E-state index contributed by atoms with van der Waals surface area (Å²) in [6, 6.07) is 14.1. The summed E-state index contributed by atoms with van der Waals surface area (Å²) in [6.07, 6.45) is -0.700. The Labute approximate surface area is 132 Å². The monoisotopic (exact) mass is 319 g/mol. The second-order valence-corrected chi connectivity index (χ2v) is 5.21. The van der Waals surface area contributed by atoms with E-state index in [9.17, 15) is 13.6 Å². The van der Waals surface area contributed by atoms with Crippen molar-refractivity contribution in [3.05, 3.63) is 71.8 Å². The fraction of sp³-hybridized carbons (Fsp3) is 0.235. The Morgan fingerprint density at radius 1 is 1.13 bits per heavy atom. The Balaban J connectivity index is 1.71. The lowest BCUT2D eigenvalue weighted by atomic mass is 9.99. The predicted molar refractivity (Wildman–Crippen MR) is 78.9 cm³/mol. The molecule has 0 aromatic heterocycles. The molecule has 1 aliphatic rings. The SMILES string of the molecule is O=C(ON[C@H]([C@@H]1CO1)C(F)(F)c1ccccc1)c1ccccc1. The molecule has 1 saturated heterocycles. The third-order valence-corrected chi connectivity index (χ3v) is 3.57. The highest BCUT2D eigenvalue weighted by molar-refractivity contribution is 5.89. The van der Waals surface area contributed by atoms with Gasteiger partial charge in [-0.25, -0.2) is 4.79 Å². The lowest BCUT2D eigenvalue weighted by molar-refractivity contribution is -0.0951. The lowest BCUT2D eigenvalue weighted by Crippen LogP contribution is -2.47. The summed E-state index contributed by atoms with van der Waals surface area (Å²) in [4.78, 5) is 16.7. The molecule has 2 aromatic rings. The third kappa shape index (κ3) is 3.55. The third-order valence-electron chi connectivity index (χ3n) is 3.57. The van der Waals surface area contributed by atoms with Crippen LogP contribution in [0.4, 0.5) is 8.78 Å². The molecule has 1 heterocycles. The number of epoxide rings is 1. The molecule has 1 N–H and O–H groups in total. The first-order chi connectivity index (χ1) is 11.1. The van der Waals surface area contributed by atoms with Crippen molar-refractivity contribution < 1.29 is 23.1 Å². The van der Waals surface area contributed by atoms with Crippen molar-refractivity contribution in [2.75, 3.05) is 6.61 Å². The standard InChI is InChI=1S/C17H15F2NO3/c18-17(19,13-9-5-2-6-10-13)15(14-11-22-14)20-23-16(21)12-7-3-1-4-8-12/h1-10,14-15,20H,11H2/t14-,15+/m0/s1. The quantitative estimate of drug-likeness (QED) is 0.657. The molecule has 1 aliphatic heterocycles. The molecule has 0 bridgehead atoms. The van der Waals surface area contributed by atoms with Crippen LogP contribution in [-0.2, 0) is 15.5 Å². The number of carbonyl (C=O) groups excluding carboxylic acids is 1. The average Bonchev–Trinajstić information content (AvgIpc) is 3.41. The average molecular weight is 319 g/mol. The number of carbonyl (C=O) groups is 1. The highest BCUT2D eigenvalue weighted by atomic mass is 19.3. The van der Waals surface area contributed by atoms with Gasteiger partial charge in [-0.2, -0.15) is 8.78 Å². The molecule has 23 heavy (non-hydrogen) atoms. The normalized spacial score (nSPS) is 18.3. The number of halogens is 2. The van der Waals surface area contributed by atoms with Crippen LogP contribution in [0.15, 0.2) is 60.7 Å². The second-order valence-electron chi connectivity index (χ2n) is 5.21. The largest absolute Gasteiger partial charge is 0.371 e. The molecule has 0 amide bonds. The van der Waals surface area contributed by atoms with Gasteiger partial charge in [0.05, 0.1) is 12.2 Å². The fourth-order valence-electron chi connectivity index (χ4n) is 2.22. The summed E-state index contributed by atoms with van der Waals surface area (Å²) in [5.41, 5.74) is 2.31. The number of ether oxygens (including phenoxy) is 1. The summed E-state index contributed by atoms with van der Waals surface area (Å²) >= 11 is 0. The van der Waals surface area contributed by atoms with Gasteiger partial charge in [-0.05, 0) is 12.1 Å². The zero-order valence-corrected chi connectivity index (χ0v) is 12.1. The number of nitrogens with one attached hydrogen (secondary N) is 1. The van der Waals surface area contributed by atoms with Crippen LogP contribution in [0.25, 0.3) is 0 Å². The smallest absolute Gasteiger partial charge is 0.356 e. The van der Waals surface area contributed by atoms with Crippen LogP contribution in [0.5, 0.6) is 0 Å². The highest BCUT2D eigenvalue weighted by Crippen LogP contribution is 2.37. The van der Waals surface area contributed by atoms with Crippen molar-refractivity contribution in [2.24, 2.45) is 0 Å². The topological polar surface area (TPSA) is 50.9 Å². The van der Waals surface area contributed by atoms with Crippen molar-refractivity contribution in [1.82, 2.24) is 5.48 Å². The molecule has 4 nitrogen and oxygen atoms in total. The maximum Gasteiger partial charge on any atom is 0.356 e. The number of alkyl halides is 2. The van der Waals surface area contributed by atoms with Gasteiger partial charge >= 0.3 is 5.97 Å². The Hall–Kier alpha value is -2.31. The number of hydroxylamine groups is 1.